The lowest BCUT2D eigenvalue weighted by Crippen LogP contribution is -2.25. The van der Waals surface area contributed by atoms with Crippen molar-refractivity contribution in [2.75, 3.05) is 0 Å². The van der Waals surface area contributed by atoms with E-state index in [2.05, 4.69) is 11.7 Å². The van der Waals surface area contributed by atoms with Gasteiger partial charge in [0.2, 0.25) is 0 Å². The smallest absolute Gasteiger partial charge is 0.429 e. The molecule has 218 valence electrons. The van der Waals surface area contributed by atoms with Gasteiger partial charge in [0.05, 0.1) is 5.56 Å². The highest BCUT2D eigenvalue weighted by Crippen LogP contribution is 2.40. The Morgan fingerprint density at radius 3 is 1.83 bits per heavy atom. The molecule has 0 aliphatic heterocycles. The van der Waals surface area contributed by atoms with Crippen LogP contribution in [0.4, 0.5) is 39.5 Å². The summed E-state index contributed by atoms with van der Waals surface area (Å²) in [6.45, 7) is 2.17. The maximum Gasteiger partial charge on any atom is 0.458 e. The van der Waals surface area contributed by atoms with E-state index in [1.165, 1.54) is 12.3 Å². The monoisotopic (exact) mass is 584 g/mol. The molecule has 1 nitrogen and oxygen atoms in total. The van der Waals surface area contributed by atoms with Crippen LogP contribution in [0.1, 0.15) is 68.1 Å². The molecule has 0 radical (unpaired) electrons. The topological polar surface area (TPSA) is 9.23 Å². The summed E-state index contributed by atoms with van der Waals surface area (Å²) in [4.78, 5) is 0. The molecule has 1 fully saturated rings. The van der Waals surface area contributed by atoms with Gasteiger partial charge in [0.25, 0.3) is 0 Å². The van der Waals surface area contributed by atoms with Crippen molar-refractivity contribution in [2.45, 2.75) is 63.7 Å². The molecule has 0 aromatic heterocycles. The standard InChI is InChI=1S/C31H25F9O/c1-2-3-18-4-6-19(7-5-18)20-8-10-21(11-9-20)22-14-27(34)29(28(35)15-22)31(39,40)41-23-16-25(32)24(26(33)17-23)12-13-30(36,37)38/h8-11,14-19H,2-7H2,1H3. The molecular formula is C31H25F9O. The van der Waals surface area contributed by atoms with E-state index in [1.807, 2.05) is 12.1 Å². The fourth-order valence-electron chi connectivity index (χ4n) is 5.22. The summed E-state index contributed by atoms with van der Waals surface area (Å²) in [7, 11) is 0. The van der Waals surface area contributed by atoms with Gasteiger partial charge in [0, 0.05) is 18.1 Å². The van der Waals surface area contributed by atoms with Crippen LogP contribution in [0.3, 0.4) is 0 Å². The summed E-state index contributed by atoms with van der Waals surface area (Å²) >= 11 is 0. The van der Waals surface area contributed by atoms with Crippen LogP contribution < -0.4 is 4.74 Å². The molecule has 0 heterocycles. The zero-order valence-corrected chi connectivity index (χ0v) is 21.8. The van der Waals surface area contributed by atoms with Gasteiger partial charge in [-0.2, -0.15) is 22.0 Å². The Kier molecular flexibility index (Phi) is 8.95. The lowest BCUT2D eigenvalue weighted by molar-refractivity contribution is -0.189. The molecule has 0 amide bonds. The Morgan fingerprint density at radius 1 is 0.756 bits per heavy atom. The number of hydrogen-bond acceptors (Lipinski definition) is 1. The van der Waals surface area contributed by atoms with Gasteiger partial charge in [-0.15, -0.1) is 0 Å². The molecule has 4 rings (SSSR count). The minimum atomic E-state index is -5.06. The fraction of sp³-hybridized carbons (Fsp3) is 0.355. The zero-order valence-electron chi connectivity index (χ0n) is 21.8. The molecule has 0 unspecified atom stereocenters. The normalized spacial score (nSPS) is 17.6. The third kappa shape index (κ3) is 7.38. The van der Waals surface area contributed by atoms with Gasteiger partial charge in [-0.3, -0.25) is 0 Å². The molecular weight excluding hydrogens is 559 g/mol. The first-order valence-electron chi connectivity index (χ1n) is 13.0. The summed E-state index contributed by atoms with van der Waals surface area (Å²) in [6, 6.07) is 8.68. The van der Waals surface area contributed by atoms with Crippen molar-refractivity contribution in [2.24, 2.45) is 5.92 Å². The van der Waals surface area contributed by atoms with Crippen molar-refractivity contribution in [1.82, 2.24) is 0 Å². The van der Waals surface area contributed by atoms with Crippen LogP contribution in [0.2, 0.25) is 0 Å². The fourth-order valence-corrected chi connectivity index (χ4v) is 5.22. The molecule has 0 bridgehead atoms. The second kappa shape index (κ2) is 12.1. The summed E-state index contributed by atoms with van der Waals surface area (Å²) in [5.41, 5.74) is -1.67. The maximum atomic E-state index is 14.8. The second-order valence-corrected chi connectivity index (χ2v) is 10.1. The van der Waals surface area contributed by atoms with Crippen LogP contribution in [0.5, 0.6) is 5.75 Å². The average Bonchev–Trinajstić information content (AvgIpc) is 2.87. The molecule has 0 spiro atoms. The van der Waals surface area contributed by atoms with Crippen LogP contribution in [0.15, 0.2) is 48.5 Å². The Bertz CT molecular complexity index is 1400. The Balaban J connectivity index is 1.52. The van der Waals surface area contributed by atoms with E-state index in [4.69, 9.17) is 0 Å². The molecule has 3 aromatic rings. The quantitative estimate of drug-likeness (QED) is 0.198. The lowest BCUT2D eigenvalue weighted by Gasteiger charge is -2.28. The van der Waals surface area contributed by atoms with Gasteiger partial charge in [-0.1, -0.05) is 50.0 Å². The lowest BCUT2D eigenvalue weighted by atomic mass is 9.77. The maximum absolute atomic E-state index is 14.8. The first-order chi connectivity index (χ1) is 19.3. The van der Waals surface area contributed by atoms with Gasteiger partial charge in [-0.25, -0.2) is 17.6 Å². The number of hydrogen-bond donors (Lipinski definition) is 0. The van der Waals surface area contributed by atoms with E-state index in [0.717, 1.165) is 43.6 Å². The molecule has 0 N–H and O–H groups in total. The van der Waals surface area contributed by atoms with Gasteiger partial charge in [-0.05, 0) is 66.3 Å². The molecule has 1 aliphatic carbocycles. The van der Waals surface area contributed by atoms with Crippen molar-refractivity contribution < 1.29 is 44.3 Å². The summed E-state index contributed by atoms with van der Waals surface area (Å²) in [6.07, 6.45) is -3.04. The van der Waals surface area contributed by atoms with Crippen molar-refractivity contribution in [3.63, 3.8) is 0 Å². The van der Waals surface area contributed by atoms with Crippen LogP contribution in [-0.4, -0.2) is 6.18 Å². The zero-order chi connectivity index (χ0) is 29.9. The summed E-state index contributed by atoms with van der Waals surface area (Å²) < 4.78 is 128. The third-order valence-electron chi connectivity index (χ3n) is 7.18. The largest absolute Gasteiger partial charge is 0.458 e. The van der Waals surface area contributed by atoms with E-state index in [-0.39, 0.29) is 17.7 Å². The van der Waals surface area contributed by atoms with Crippen LogP contribution in [0.25, 0.3) is 11.1 Å². The minimum Gasteiger partial charge on any atom is -0.429 e. The van der Waals surface area contributed by atoms with E-state index in [1.54, 1.807) is 12.1 Å². The van der Waals surface area contributed by atoms with Crippen molar-refractivity contribution >= 4 is 0 Å². The predicted octanol–water partition coefficient (Wildman–Crippen LogP) is 10.0. The van der Waals surface area contributed by atoms with E-state index in [9.17, 15) is 39.5 Å². The number of benzene rings is 3. The number of halogens is 9. The molecule has 41 heavy (non-hydrogen) atoms. The second-order valence-electron chi connectivity index (χ2n) is 10.1. The highest BCUT2D eigenvalue weighted by atomic mass is 19.4. The number of ether oxygens (including phenoxy) is 1. The Morgan fingerprint density at radius 2 is 1.32 bits per heavy atom. The molecule has 0 saturated heterocycles. The molecule has 10 heteroatoms. The van der Waals surface area contributed by atoms with Gasteiger partial charge >= 0.3 is 12.3 Å². The van der Waals surface area contributed by atoms with E-state index >= 15 is 0 Å². The molecule has 3 aromatic carbocycles. The molecule has 0 atom stereocenters. The predicted molar refractivity (Wildman–Crippen MR) is 135 cm³/mol. The Labute approximate surface area is 231 Å². The van der Waals surface area contributed by atoms with Gasteiger partial charge in [0.15, 0.2) is 0 Å². The average molecular weight is 585 g/mol. The molecule has 1 saturated carbocycles. The third-order valence-corrected chi connectivity index (χ3v) is 7.18. The van der Waals surface area contributed by atoms with Crippen LogP contribution in [-0.2, 0) is 6.11 Å². The first kappa shape index (κ1) is 30.4. The van der Waals surface area contributed by atoms with Crippen molar-refractivity contribution in [3.8, 4) is 28.7 Å². The number of rotatable bonds is 7. The van der Waals surface area contributed by atoms with Crippen molar-refractivity contribution in [1.29, 1.82) is 0 Å². The molecule has 1 aliphatic rings. The SMILES string of the molecule is CCCC1CCC(c2ccc(-c3cc(F)c(C(F)(F)Oc4cc(F)c(C#CC(F)(F)F)c(F)c4)c(F)c3)cc2)CC1. The highest BCUT2D eigenvalue weighted by Gasteiger charge is 2.41. The highest BCUT2D eigenvalue weighted by molar-refractivity contribution is 5.64. The van der Waals surface area contributed by atoms with Crippen molar-refractivity contribution in [3.05, 3.63) is 88.5 Å². The minimum absolute atomic E-state index is 0.0116. The number of alkyl halides is 5. The van der Waals surface area contributed by atoms with E-state index < -0.39 is 52.4 Å². The first-order valence-corrected chi connectivity index (χ1v) is 13.0. The van der Waals surface area contributed by atoms with Gasteiger partial charge in [0.1, 0.15) is 34.6 Å². The van der Waals surface area contributed by atoms with Gasteiger partial charge < -0.3 is 4.74 Å². The van der Waals surface area contributed by atoms with E-state index in [0.29, 0.717) is 29.5 Å². The Hall–Kier alpha value is -3.61. The summed E-state index contributed by atoms with van der Waals surface area (Å²) in [5.74, 6) is -5.04. The van der Waals surface area contributed by atoms with Crippen LogP contribution >= 0.6 is 0 Å². The summed E-state index contributed by atoms with van der Waals surface area (Å²) in [5, 5.41) is 0. The van der Waals surface area contributed by atoms with Crippen LogP contribution in [0, 0.1) is 41.0 Å².